The molecule has 0 aliphatic carbocycles. The summed E-state index contributed by atoms with van der Waals surface area (Å²) >= 11 is 0. The number of ether oxygens (including phenoxy) is 1. The maximum Gasteiger partial charge on any atom is 0.239 e. The summed E-state index contributed by atoms with van der Waals surface area (Å²) in [5, 5.41) is 0. The molecule has 148 valence electrons. The van der Waals surface area contributed by atoms with E-state index in [1.54, 1.807) is 18.9 Å². The van der Waals surface area contributed by atoms with Gasteiger partial charge in [-0.3, -0.25) is 14.5 Å². The first-order valence-corrected chi connectivity index (χ1v) is 9.67. The second-order valence-electron chi connectivity index (χ2n) is 7.20. The van der Waals surface area contributed by atoms with Crippen molar-refractivity contribution in [2.75, 3.05) is 64.4 Å². The Morgan fingerprint density at radius 2 is 1.52 bits per heavy atom. The lowest BCUT2D eigenvalue weighted by molar-refractivity contribution is -0.142. The molecule has 0 bridgehead atoms. The number of hydrogen-bond donors (Lipinski definition) is 0. The summed E-state index contributed by atoms with van der Waals surface area (Å²) in [7, 11) is 1.70. The van der Waals surface area contributed by atoms with Gasteiger partial charge in [0.1, 0.15) is 5.75 Å². The highest BCUT2D eigenvalue weighted by molar-refractivity contribution is 5.82. The third-order valence-electron chi connectivity index (χ3n) is 5.68. The number of carbonyl (C=O) groups is 2. The molecule has 0 saturated carbocycles. The van der Waals surface area contributed by atoms with Crippen molar-refractivity contribution in [1.29, 1.82) is 0 Å². The first-order valence-electron chi connectivity index (χ1n) is 9.67. The van der Waals surface area contributed by atoms with E-state index < -0.39 is 0 Å². The number of amides is 2. The average molecular weight is 374 g/mol. The monoisotopic (exact) mass is 374 g/mol. The number of hydrogen-bond acceptors (Lipinski definition) is 5. The zero-order valence-electron chi connectivity index (χ0n) is 16.6. The van der Waals surface area contributed by atoms with Crippen molar-refractivity contribution >= 4 is 17.5 Å². The van der Waals surface area contributed by atoms with Gasteiger partial charge >= 0.3 is 0 Å². The van der Waals surface area contributed by atoms with E-state index in [1.165, 1.54) is 0 Å². The normalized spacial score (nSPS) is 19.7. The van der Waals surface area contributed by atoms with Crippen LogP contribution in [0.15, 0.2) is 24.3 Å². The highest BCUT2D eigenvalue weighted by Gasteiger charge is 2.31. The number of carbonyl (C=O) groups excluding carboxylic acids is 2. The molecule has 2 saturated heterocycles. The van der Waals surface area contributed by atoms with Crippen LogP contribution in [0.4, 0.5) is 5.69 Å². The lowest BCUT2D eigenvalue weighted by Gasteiger charge is -2.41. The number of anilines is 1. The smallest absolute Gasteiger partial charge is 0.239 e. The summed E-state index contributed by atoms with van der Waals surface area (Å²) < 4.78 is 5.47. The van der Waals surface area contributed by atoms with Gasteiger partial charge in [-0.15, -0.1) is 0 Å². The van der Waals surface area contributed by atoms with E-state index in [0.717, 1.165) is 37.6 Å². The Morgan fingerprint density at radius 3 is 2.11 bits per heavy atom. The maximum atomic E-state index is 12.9. The summed E-state index contributed by atoms with van der Waals surface area (Å²) in [5.74, 6) is 1.14. The van der Waals surface area contributed by atoms with Gasteiger partial charge in [-0.1, -0.05) is 12.1 Å². The van der Waals surface area contributed by atoms with E-state index in [-0.39, 0.29) is 17.9 Å². The maximum absolute atomic E-state index is 12.9. The molecule has 1 aromatic rings. The predicted molar refractivity (Wildman–Crippen MR) is 105 cm³/mol. The van der Waals surface area contributed by atoms with Crippen LogP contribution in [0.5, 0.6) is 5.75 Å². The van der Waals surface area contributed by atoms with E-state index in [4.69, 9.17) is 4.74 Å². The molecule has 2 heterocycles. The Bertz CT molecular complexity index is 665. The minimum atomic E-state index is -0.131. The molecule has 27 heavy (non-hydrogen) atoms. The highest BCUT2D eigenvalue weighted by atomic mass is 16.5. The molecule has 1 aromatic carbocycles. The van der Waals surface area contributed by atoms with Crippen LogP contribution in [-0.4, -0.2) is 92.0 Å². The van der Waals surface area contributed by atoms with E-state index in [2.05, 4.69) is 15.9 Å². The predicted octanol–water partition coefficient (Wildman–Crippen LogP) is 0.896. The number of methoxy groups -OCH3 is 1. The fraction of sp³-hybridized carbons (Fsp3) is 0.600. The number of piperazine rings is 2. The van der Waals surface area contributed by atoms with Crippen molar-refractivity contribution in [2.45, 2.75) is 19.9 Å². The molecule has 2 aliphatic heterocycles. The van der Waals surface area contributed by atoms with Gasteiger partial charge in [-0.05, 0) is 19.1 Å². The van der Waals surface area contributed by atoms with E-state index in [9.17, 15) is 9.59 Å². The van der Waals surface area contributed by atoms with Gasteiger partial charge in [0.2, 0.25) is 11.8 Å². The molecule has 3 rings (SSSR count). The van der Waals surface area contributed by atoms with Crippen LogP contribution in [0.2, 0.25) is 0 Å². The molecular weight excluding hydrogens is 344 g/mol. The van der Waals surface area contributed by atoms with E-state index >= 15 is 0 Å². The number of para-hydroxylation sites is 2. The fourth-order valence-electron chi connectivity index (χ4n) is 3.90. The molecule has 1 unspecified atom stereocenters. The minimum absolute atomic E-state index is 0.0857. The fourth-order valence-corrected chi connectivity index (χ4v) is 3.90. The van der Waals surface area contributed by atoms with Crippen molar-refractivity contribution in [3.63, 3.8) is 0 Å². The van der Waals surface area contributed by atoms with E-state index in [0.29, 0.717) is 26.2 Å². The lowest BCUT2D eigenvalue weighted by Crippen LogP contribution is -2.57. The summed E-state index contributed by atoms with van der Waals surface area (Å²) in [6.45, 7) is 9.54. The second-order valence-corrected chi connectivity index (χ2v) is 7.20. The van der Waals surface area contributed by atoms with Crippen molar-refractivity contribution in [3.8, 4) is 5.75 Å². The van der Waals surface area contributed by atoms with Gasteiger partial charge < -0.3 is 19.4 Å². The standard InChI is InChI=1S/C20H30N4O3/c1-16(20(26)24-14-10-22(11-15-24)17(2)25)21-8-12-23(13-9-21)18-6-4-5-7-19(18)27-3/h4-7,16H,8-15H2,1-3H3. The minimum Gasteiger partial charge on any atom is -0.495 e. The summed E-state index contributed by atoms with van der Waals surface area (Å²) in [6.07, 6.45) is 0. The molecule has 0 spiro atoms. The Labute approximate surface area is 161 Å². The van der Waals surface area contributed by atoms with E-state index in [1.807, 2.05) is 30.0 Å². The summed E-state index contributed by atoms with van der Waals surface area (Å²) in [5.41, 5.74) is 1.11. The summed E-state index contributed by atoms with van der Waals surface area (Å²) in [4.78, 5) is 32.6. The molecular formula is C20H30N4O3. The van der Waals surface area contributed by atoms with Crippen molar-refractivity contribution in [1.82, 2.24) is 14.7 Å². The lowest BCUT2D eigenvalue weighted by atomic mass is 10.1. The Kier molecular flexibility index (Phi) is 6.21. The van der Waals surface area contributed by atoms with Gasteiger partial charge in [0, 0.05) is 59.3 Å². The van der Waals surface area contributed by atoms with Crippen LogP contribution in [0.3, 0.4) is 0 Å². The topological polar surface area (TPSA) is 56.3 Å². The number of rotatable bonds is 4. The molecule has 1 atom stereocenters. The summed E-state index contributed by atoms with van der Waals surface area (Å²) in [6, 6.07) is 7.93. The van der Waals surface area contributed by atoms with Crippen LogP contribution in [0.1, 0.15) is 13.8 Å². The van der Waals surface area contributed by atoms with Gasteiger partial charge in [-0.25, -0.2) is 0 Å². The zero-order valence-corrected chi connectivity index (χ0v) is 16.6. The number of nitrogens with zero attached hydrogens (tertiary/aromatic N) is 4. The zero-order chi connectivity index (χ0) is 19.4. The molecule has 7 nitrogen and oxygen atoms in total. The average Bonchev–Trinajstić information content (AvgIpc) is 2.72. The van der Waals surface area contributed by atoms with Crippen LogP contribution in [0, 0.1) is 0 Å². The quantitative estimate of drug-likeness (QED) is 0.784. The van der Waals surface area contributed by atoms with Gasteiger partial charge in [0.25, 0.3) is 0 Å². The van der Waals surface area contributed by atoms with Crippen LogP contribution in [0.25, 0.3) is 0 Å². The third kappa shape index (κ3) is 4.35. The first-order chi connectivity index (χ1) is 13.0. The Balaban J connectivity index is 1.53. The Hall–Kier alpha value is -2.28. The second kappa shape index (κ2) is 8.61. The Morgan fingerprint density at radius 1 is 0.926 bits per heavy atom. The van der Waals surface area contributed by atoms with Crippen molar-refractivity contribution < 1.29 is 14.3 Å². The SMILES string of the molecule is COc1ccccc1N1CCN(C(C)C(=O)N2CCN(C(C)=O)CC2)CC1. The molecule has 2 aliphatic rings. The molecule has 0 radical (unpaired) electrons. The number of benzene rings is 1. The third-order valence-corrected chi connectivity index (χ3v) is 5.68. The highest BCUT2D eigenvalue weighted by Crippen LogP contribution is 2.28. The van der Waals surface area contributed by atoms with Gasteiger partial charge in [0.05, 0.1) is 18.8 Å². The molecule has 7 heteroatoms. The van der Waals surface area contributed by atoms with Crippen molar-refractivity contribution in [2.24, 2.45) is 0 Å². The van der Waals surface area contributed by atoms with Crippen LogP contribution >= 0.6 is 0 Å². The van der Waals surface area contributed by atoms with Crippen LogP contribution in [-0.2, 0) is 9.59 Å². The molecule has 2 fully saturated rings. The van der Waals surface area contributed by atoms with Gasteiger partial charge in [-0.2, -0.15) is 0 Å². The first kappa shape index (κ1) is 19.5. The van der Waals surface area contributed by atoms with Gasteiger partial charge in [0.15, 0.2) is 0 Å². The largest absolute Gasteiger partial charge is 0.495 e. The molecule has 2 amide bonds. The van der Waals surface area contributed by atoms with Crippen molar-refractivity contribution in [3.05, 3.63) is 24.3 Å². The molecule has 0 N–H and O–H groups in total. The molecule has 0 aromatic heterocycles. The van der Waals surface area contributed by atoms with Crippen LogP contribution < -0.4 is 9.64 Å².